The van der Waals surface area contributed by atoms with E-state index in [1.807, 2.05) is 0 Å². The van der Waals surface area contributed by atoms with Crippen molar-refractivity contribution in [2.24, 2.45) is 0 Å². The number of nitrogens with one attached hydrogen (secondary N) is 1. The van der Waals surface area contributed by atoms with Crippen molar-refractivity contribution >= 4 is 17.0 Å². The van der Waals surface area contributed by atoms with E-state index < -0.39 is 0 Å². The Hall–Kier alpha value is -1.69. The topological polar surface area (TPSA) is 77.9 Å². The van der Waals surface area contributed by atoms with Crippen LogP contribution in [0.3, 0.4) is 0 Å². The predicted octanol–water partition coefficient (Wildman–Crippen LogP) is 1.34. The van der Waals surface area contributed by atoms with Gasteiger partial charge >= 0.3 is 0 Å². The minimum absolute atomic E-state index is 0.231. The Labute approximate surface area is 106 Å². The summed E-state index contributed by atoms with van der Waals surface area (Å²) in [5.74, 6) is 0.880. The van der Waals surface area contributed by atoms with E-state index >= 15 is 0 Å². The average Bonchev–Trinajstić information content (AvgIpc) is 2.82. The molecule has 0 spiro atoms. The van der Waals surface area contributed by atoms with Crippen LogP contribution in [-0.2, 0) is 0 Å². The minimum atomic E-state index is 0.231. The van der Waals surface area contributed by atoms with Crippen molar-refractivity contribution in [3.63, 3.8) is 0 Å². The number of hydrogen-bond donors (Lipinski definition) is 2. The number of fused-ring (bicyclic) bond motifs is 1. The van der Waals surface area contributed by atoms with E-state index in [9.17, 15) is 0 Å². The van der Waals surface area contributed by atoms with Crippen molar-refractivity contribution < 1.29 is 5.11 Å². The summed E-state index contributed by atoms with van der Waals surface area (Å²) in [6.07, 6.45) is 4.92. The van der Waals surface area contributed by atoms with E-state index in [-0.39, 0.29) is 6.61 Å². The van der Waals surface area contributed by atoms with E-state index in [0.717, 1.165) is 30.7 Å². The fourth-order valence-electron chi connectivity index (χ4n) is 1.97. The van der Waals surface area contributed by atoms with Crippen LogP contribution in [0, 0.1) is 0 Å². The molecule has 0 aliphatic heterocycles. The van der Waals surface area contributed by atoms with Gasteiger partial charge in [-0.15, -0.1) is 0 Å². The maximum atomic E-state index is 8.87. The zero-order valence-corrected chi connectivity index (χ0v) is 10.8. The zero-order valence-electron chi connectivity index (χ0n) is 10.8. The molecule has 0 atom stereocenters. The Morgan fingerprint density at radius 2 is 2.11 bits per heavy atom. The summed E-state index contributed by atoms with van der Waals surface area (Å²) >= 11 is 0. The van der Waals surface area contributed by atoms with Crippen LogP contribution in [-0.4, -0.2) is 44.2 Å². The Morgan fingerprint density at radius 1 is 1.28 bits per heavy atom. The van der Waals surface area contributed by atoms with E-state index in [1.165, 1.54) is 0 Å². The molecule has 6 heteroatoms. The summed E-state index contributed by atoms with van der Waals surface area (Å²) in [5.41, 5.74) is 1.56. The molecule has 0 aliphatic carbocycles. The van der Waals surface area contributed by atoms with Gasteiger partial charge in [0.2, 0.25) is 0 Å². The molecule has 98 valence electrons. The monoisotopic (exact) mass is 249 g/mol. The second-order valence-corrected chi connectivity index (χ2v) is 4.52. The molecule has 2 aromatic rings. The van der Waals surface area contributed by atoms with Crippen LogP contribution in [0.4, 0.5) is 5.82 Å². The van der Waals surface area contributed by atoms with Gasteiger partial charge < -0.3 is 15.0 Å². The number of aliphatic hydroxyl groups excluding tert-OH is 1. The zero-order chi connectivity index (χ0) is 13.0. The Kier molecular flexibility index (Phi) is 4.09. The number of hydrogen-bond acceptors (Lipinski definition) is 5. The molecule has 0 fully saturated rings. The number of aromatic amines is 1. The van der Waals surface area contributed by atoms with Gasteiger partial charge in [-0.2, -0.15) is 0 Å². The molecule has 0 aliphatic rings. The third-order valence-corrected chi connectivity index (χ3v) is 2.91. The fraction of sp³-hybridized carbons (Fsp3) is 0.583. The van der Waals surface area contributed by atoms with Crippen molar-refractivity contribution in [3.8, 4) is 0 Å². The van der Waals surface area contributed by atoms with Gasteiger partial charge in [-0.05, 0) is 26.7 Å². The van der Waals surface area contributed by atoms with Crippen molar-refractivity contribution in [3.05, 3.63) is 12.7 Å². The largest absolute Gasteiger partial charge is 0.396 e. The lowest BCUT2D eigenvalue weighted by Gasteiger charge is -2.27. The molecule has 2 N–H and O–H groups in total. The van der Waals surface area contributed by atoms with Crippen LogP contribution in [0.5, 0.6) is 0 Å². The maximum Gasteiger partial charge on any atom is 0.182 e. The SMILES string of the molecule is CC(C)N(CCCCO)c1ncnc2nc[nH]c12. The third-order valence-electron chi connectivity index (χ3n) is 2.91. The molecule has 0 unspecified atom stereocenters. The standard InChI is InChI=1S/C12H19N5O/c1-9(2)17(5-3-4-6-18)12-10-11(14-7-13-10)15-8-16-12/h7-9,18H,3-6H2,1-2H3,(H,13,14,15,16). The first kappa shape index (κ1) is 12.8. The van der Waals surface area contributed by atoms with Crippen LogP contribution < -0.4 is 4.90 Å². The molecule has 18 heavy (non-hydrogen) atoms. The highest BCUT2D eigenvalue weighted by molar-refractivity contribution is 5.82. The number of unbranched alkanes of at least 4 members (excludes halogenated alkanes) is 1. The van der Waals surface area contributed by atoms with Gasteiger partial charge in [-0.1, -0.05) is 0 Å². The number of imidazole rings is 1. The Bertz CT molecular complexity index is 496. The molecule has 0 saturated carbocycles. The van der Waals surface area contributed by atoms with Crippen LogP contribution in [0.2, 0.25) is 0 Å². The number of aromatic nitrogens is 4. The molecule has 6 nitrogen and oxygen atoms in total. The van der Waals surface area contributed by atoms with Gasteiger partial charge in [0.25, 0.3) is 0 Å². The van der Waals surface area contributed by atoms with Gasteiger partial charge in [0.1, 0.15) is 11.8 Å². The first-order chi connectivity index (χ1) is 8.74. The predicted molar refractivity (Wildman–Crippen MR) is 70.5 cm³/mol. The lowest BCUT2D eigenvalue weighted by atomic mass is 10.2. The molecule has 2 aromatic heterocycles. The Morgan fingerprint density at radius 3 is 2.83 bits per heavy atom. The van der Waals surface area contributed by atoms with Crippen LogP contribution in [0.1, 0.15) is 26.7 Å². The van der Waals surface area contributed by atoms with Crippen molar-refractivity contribution in [2.75, 3.05) is 18.1 Å². The van der Waals surface area contributed by atoms with E-state index in [4.69, 9.17) is 5.11 Å². The molecular weight excluding hydrogens is 230 g/mol. The lowest BCUT2D eigenvalue weighted by molar-refractivity contribution is 0.284. The average molecular weight is 249 g/mol. The van der Waals surface area contributed by atoms with Gasteiger partial charge in [0.05, 0.1) is 6.33 Å². The Balaban J connectivity index is 2.26. The van der Waals surface area contributed by atoms with E-state index in [2.05, 4.69) is 38.7 Å². The molecule has 2 heterocycles. The normalized spacial score (nSPS) is 11.3. The van der Waals surface area contributed by atoms with Gasteiger partial charge in [0, 0.05) is 19.2 Å². The molecule has 0 aromatic carbocycles. The minimum Gasteiger partial charge on any atom is -0.396 e. The second-order valence-electron chi connectivity index (χ2n) is 4.52. The first-order valence-electron chi connectivity index (χ1n) is 6.25. The summed E-state index contributed by atoms with van der Waals surface area (Å²) in [6.45, 7) is 5.35. The van der Waals surface area contributed by atoms with Gasteiger partial charge in [-0.3, -0.25) is 0 Å². The summed E-state index contributed by atoms with van der Waals surface area (Å²) in [5, 5.41) is 8.87. The maximum absolute atomic E-state index is 8.87. The first-order valence-corrected chi connectivity index (χ1v) is 6.25. The van der Waals surface area contributed by atoms with E-state index in [0.29, 0.717) is 11.7 Å². The number of nitrogens with zero attached hydrogens (tertiary/aromatic N) is 4. The van der Waals surface area contributed by atoms with Gasteiger partial charge in [0.15, 0.2) is 11.5 Å². The smallest absolute Gasteiger partial charge is 0.182 e. The number of rotatable bonds is 6. The van der Waals surface area contributed by atoms with Crippen LogP contribution >= 0.6 is 0 Å². The number of aliphatic hydroxyl groups is 1. The lowest BCUT2D eigenvalue weighted by Crippen LogP contribution is -2.32. The summed E-state index contributed by atoms with van der Waals surface area (Å²) in [7, 11) is 0. The molecule has 0 bridgehead atoms. The van der Waals surface area contributed by atoms with E-state index in [1.54, 1.807) is 12.7 Å². The molecule has 0 saturated heterocycles. The van der Waals surface area contributed by atoms with Crippen LogP contribution in [0.25, 0.3) is 11.2 Å². The van der Waals surface area contributed by atoms with Crippen molar-refractivity contribution in [1.82, 2.24) is 19.9 Å². The van der Waals surface area contributed by atoms with Crippen LogP contribution in [0.15, 0.2) is 12.7 Å². The van der Waals surface area contributed by atoms with Crippen molar-refractivity contribution in [2.45, 2.75) is 32.7 Å². The molecule has 0 amide bonds. The highest BCUT2D eigenvalue weighted by atomic mass is 16.2. The highest BCUT2D eigenvalue weighted by Crippen LogP contribution is 2.21. The second kappa shape index (κ2) is 5.77. The summed E-state index contributed by atoms with van der Waals surface area (Å²) in [4.78, 5) is 17.9. The molecular formula is C12H19N5O. The number of H-pyrrole nitrogens is 1. The summed E-state index contributed by atoms with van der Waals surface area (Å²) in [6, 6.07) is 0.338. The molecule has 0 radical (unpaired) electrons. The number of anilines is 1. The summed E-state index contributed by atoms with van der Waals surface area (Å²) < 4.78 is 0. The quantitative estimate of drug-likeness (QED) is 0.755. The fourth-order valence-corrected chi connectivity index (χ4v) is 1.97. The third kappa shape index (κ3) is 2.59. The van der Waals surface area contributed by atoms with Gasteiger partial charge in [-0.25, -0.2) is 15.0 Å². The highest BCUT2D eigenvalue weighted by Gasteiger charge is 2.16. The van der Waals surface area contributed by atoms with Crippen molar-refractivity contribution in [1.29, 1.82) is 0 Å². The molecule has 2 rings (SSSR count).